The second-order valence-electron chi connectivity index (χ2n) is 5.20. The van der Waals surface area contributed by atoms with Crippen molar-refractivity contribution >= 4 is 27.7 Å². The first-order valence-electron chi connectivity index (χ1n) is 6.39. The molecule has 1 fully saturated rings. The molecule has 1 saturated heterocycles. The topological polar surface area (TPSA) is 63.4 Å². The zero-order valence-corrected chi connectivity index (χ0v) is 12.7. The summed E-state index contributed by atoms with van der Waals surface area (Å²) in [6.45, 7) is 2.82. The summed E-state index contributed by atoms with van der Waals surface area (Å²) in [4.78, 5) is 25.1. The normalized spacial score (nSPS) is 22.1. The van der Waals surface area contributed by atoms with E-state index in [0.29, 0.717) is 17.6 Å². The Kier molecular flexibility index (Phi) is 4.42. The van der Waals surface area contributed by atoms with Gasteiger partial charge in [0.1, 0.15) is 5.82 Å². The van der Waals surface area contributed by atoms with E-state index in [9.17, 15) is 14.0 Å². The molecular formula is C14H16BrFN2O2. The van der Waals surface area contributed by atoms with Crippen LogP contribution in [0.2, 0.25) is 0 Å². The fourth-order valence-corrected chi connectivity index (χ4v) is 2.97. The molecule has 2 rings (SSSR count). The minimum Gasteiger partial charge on any atom is -0.369 e. The van der Waals surface area contributed by atoms with Crippen molar-refractivity contribution in [2.45, 2.75) is 13.3 Å². The first-order valence-corrected chi connectivity index (χ1v) is 7.18. The van der Waals surface area contributed by atoms with Gasteiger partial charge < -0.3 is 10.6 Å². The summed E-state index contributed by atoms with van der Waals surface area (Å²) >= 11 is 3.25. The van der Waals surface area contributed by atoms with Gasteiger partial charge in [0.25, 0.3) is 0 Å². The van der Waals surface area contributed by atoms with E-state index in [1.165, 1.54) is 12.1 Å². The van der Waals surface area contributed by atoms with E-state index in [-0.39, 0.29) is 35.9 Å². The lowest BCUT2D eigenvalue weighted by atomic mass is 9.98. The molecule has 0 spiro atoms. The molecule has 1 heterocycles. The largest absolute Gasteiger partial charge is 0.369 e. The van der Waals surface area contributed by atoms with Gasteiger partial charge >= 0.3 is 0 Å². The van der Waals surface area contributed by atoms with Gasteiger partial charge in [0, 0.05) is 17.6 Å². The summed E-state index contributed by atoms with van der Waals surface area (Å²) < 4.78 is 13.6. The van der Waals surface area contributed by atoms with Crippen LogP contribution in [0.25, 0.3) is 0 Å². The van der Waals surface area contributed by atoms with Crippen molar-refractivity contribution in [2.24, 2.45) is 17.6 Å². The molecule has 0 aromatic heterocycles. The predicted molar refractivity (Wildman–Crippen MR) is 76.2 cm³/mol. The number of hydrogen-bond acceptors (Lipinski definition) is 2. The van der Waals surface area contributed by atoms with Crippen molar-refractivity contribution < 1.29 is 14.0 Å². The number of primary amides is 1. The van der Waals surface area contributed by atoms with E-state index >= 15 is 0 Å². The molecule has 1 aliphatic rings. The minimum absolute atomic E-state index is 0.0760. The van der Waals surface area contributed by atoms with Crippen molar-refractivity contribution in [3.63, 3.8) is 0 Å². The maximum absolute atomic E-state index is 13.0. The minimum atomic E-state index is -0.365. The third kappa shape index (κ3) is 3.17. The van der Waals surface area contributed by atoms with E-state index in [1.54, 1.807) is 11.0 Å². The van der Waals surface area contributed by atoms with Crippen molar-refractivity contribution in [3.05, 3.63) is 34.1 Å². The number of rotatable bonds is 3. The van der Waals surface area contributed by atoms with Crippen molar-refractivity contribution in [1.29, 1.82) is 0 Å². The highest BCUT2D eigenvalue weighted by Gasteiger charge is 2.35. The lowest BCUT2D eigenvalue weighted by Crippen LogP contribution is -2.32. The number of likely N-dealkylation sites (tertiary alicyclic amines) is 1. The van der Waals surface area contributed by atoms with Crippen LogP contribution in [0.5, 0.6) is 0 Å². The third-order valence-corrected chi connectivity index (χ3v) is 4.43. The maximum Gasteiger partial charge on any atom is 0.227 e. The molecule has 4 nitrogen and oxygen atoms in total. The van der Waals surface area contributed by atoms with E-state index in [1.807, 2.05) is 6.92 Å². The van der Waals surface area contributed by atoms with Crippen LogP contribution < -0.4 is 5.73 Å². The summed E-state index contributed by atoms with van der Waals surface area (Å²) in [5, 5.41) is 0. The second-order valence-corrected chi connectivity index (χ2v) is 6.05. The number of hydrogen-bond donors (Lipinski definition) is 1. The Morgan fingerprint density at radius 1 is 1.45 bits per heavy atom. The van der Waals surface area contributed by atoms with E-state index < -0.39 is 0 Å². The number of halogens is 2. The van der Waals surface area contributed by atoms with E-state index in [0.717, 1.165) is 5.56 Å². The van der Waals surface area contributed by atoms with Gasteiger partial charge in [-0.15, -0.1) is 0 Å². The Labute approximate surface area is 125 Å². The van der Waals surface area contributed by atoms with Gasteiger partial charge in [-0.25, -0.2) is 4.39 Å². The molecule has 0 saturated carbocycles. The Hall–Kier alpha value is -1.43. The van der Waals surface area contributed by atoms with Crippen LogP contribution >= 0.6 is 15.9 Å². The zero-order valence-electron chi connectivity index (χ0n) is 11.1. The molecule has 1 aromatic carbocycles. The van der Waals surface area contributed by atoms with E-state index in [4.69, 9.17) is 5.73 Å². The summed E-state index contributed by atoms with van der Waals surface area (Å²) in [5.41, 5.74) is 6.05. The van der Waals surface area contributed by atoms with E-state index in [2.05, 4.69) is 15.9 Å². The van der Waals surface area contributed by atoms with Crippen LogP contribution in [0, 0.1) is 17.7 Å². The number of carbonyl (C=O) groups is 2. The average molecular weight is 343 g/mol. The molecule has 0 radical (unpaired) electrons. The van der Waals surface area contributed by atoms with Crippen LogP contribution in [0.4, 0.5) is 4.39 Å². The highest BCUT2D eigenvalue weighted by Crippen LogP contribution is 2.25. The number of nitrogens with zero attached hydrogens (tertiary/aromatic N) is 1. The fourth-order valence-electron chi connectivity index (χ4n) is 2.48. The second kappa shape index (κ2) is 5.91. The quantitative estimate of drug-likeness (QED) is 0.908. The molecule has 1 aliphatic heterocycles. The van der Waals surface area contributed by atoms with Gasteiger partial charge in [-0.1, -0.05) is 28.9 Å². The van der Waals surface area contributed by atoms with Gasteiger partial charge in [-0.3, -0.25) is 9.59 Å². The highest BCUT2D eigenvalue weighted by atomic mass is 79.9. The Bertz CT molecular complexity index is 550. The maximum atomic E-state index is 13.0. The summed E-state index contributed by atoms with van der Waals surface area (Å²) in [7, 11) is 0. The molecule has 2 atom stereocenters. The summed E-state index contributed by atoms with van der Waals surface area (Å²) in [6, 6.07) is 4.25. The number of nitrogens with two attached hydrogens (primary N) is 1. The van der Waals surface area contributed by atoms with Gasteiger partial charge in [0.2, 0.25) is 11.8 Å². The molecule has 0 bridgehead atoms. The predicted octanol–water partition coefficient (Wildman–Crippen LogP) is 1.71. The van der Waals surface area contributed by atoms with Crippen LogP contribution in [-0.4, -0.2) is 29.8 Å². The molecular weight excluding hydrogens is 327 g/mol. The molecule has 0 aliphatic carbocycles. The van der Waals surface area contributed by atoms with Crippen molar-refractivity contribution in [2.75, 3.05) is 13.1 Å². The van der Waals surface area contributed by atoms with Gasteiger partial charge in [-0.2, -0.15) is 0 Å². The smallest absolute Gasteiger partial charge is 0.227 e. The standard InChI is InChI=1S/C14H16BrFN2O2/c1-8-6-18(7-11(8)14(17)20)13(19)4-9-2-3-10(16)5-12(9)15/h2-3,5,8,11H,4,6-7H2,1H3,(H2,17,20)/t8-,11-/m1/s1. The summed E-state index contributed by atoms with van der Waals surface area (Å²) in [6.07, 6.45) is 0.180. The van der Waals surface area contributed by atoms with Crippen molar-refractivity contribution in [1.82, 2.24) is 4.90 Å². The zero-order chi connectivity index (χ0) is 14.9. The Balaban J connectivity index is 2.04. The van der Waals surface area contributed by atoms with Crippen LogP contribution in [0.3, 0.4) is 0 Å². The lowest BCUT2D eigenvalue weighted by molar-refractivity contribution is -0.129. The molecule has 0 unspecified atom stereocenters. The first kappa shape index (κ1) is 15.0. The number of carbonyl (C=O) groups excluding carboxylic acids is 2. The third-order valence-electron chi connectivity index (χ3n) is 3.69. The van der Waals surface area contributed by atoms with Crippen LogP contribution in [0.15, 0.2) is 22.7 Å². The Morgan fingerprint density at radius 3 is 2.70 bits per heavy atom. The molecule has 6 heteroatoms. The van der Waals surface area contributed by atoms with Crippen LogP contribution in [0.1, 0.15) is 12.5 Å². The number of amides is 2. The molecule has 108 valence electrons. The molecule has 20 heavy (non-hydrogen) atoms. The van der Waals surface area contributed by atoms with Gasteiger partial charge in [-0.05, 0) is 23.6 Å². The molecule has 1 aromatic rings. The first-order chi connectivity index (χ1) is 9.38. The lowest BCUT2D eigenvalue weighted by Gasteiger charge is -2.16. The molecule has 2 N–H and O–H groups in total. The highest BCUT2D eigenvalue weighted by molar-refractivity contribution is 9.10. The van der Waals surface area contributed by atoms with Crippen molar-refractivity contribution in [3.8, 4) is 0 Å². The van der Waals surface area contributed by atoms with Gasteiger partial charge in [0.05, 0.1) is 12.3 Å². The average Bonchev–Trinajstić information content (AvgIpc) is 2.75. The molecule has 2 amide bonds. The number of benzene rings is 1. The fraction of sp³-hybridized carbons (Fsp3) is 0.429. The SMILES string of the molecule is C[C@@H]1CN(C(=O)Cc2ccc(F)cc2Br)C[C@H]1C(N)=O. The van der Waals surface area contributed by atoms with Gasteiger partial charge in [0.15, 0.2) is 0 Å². The summed E-state index contributed by atoms with van der Waals surface area (Å²) in [5.74, 6) is -0.996. The Morgan fingerprint density at radius 2 is 2.15 bits per heavy atom. The monoisotopic (exact) mass is 342 g/mol. The van der Waals surface area contributed by atoms with Crippen LogP contribution in [-0.2, 0) is 16.0 Å².